The van der Waals surface area contributed by atoms with E-state index in [4.69, 9.17) is 4.74 Å². The summed E-state index contributed by atoms with van der Waals surface area (Å²) in [5.74, 6) is -1.73. The number of hydrogen-bond donors (Lipinski definition) is 3. The van der Waals surface area contributed by atoms with E-state index in [9.17, 15) is 19.5 Å². The monoisotopic (exact) mass is 451 g/mol. The zero-order valence-corrected chi connectivity index (χ0v) is 18.8. The van der Waals surface area contributed by atoms with Gasteiger partial charge in [-0.2, -0.15) is 0 Å². The van der Waals surface area contributed by atoms with E-state index >= 15 is 0 Å². The number of aliphatic carboxylic acids is 1. The SMILES string of the molecule is CN(C)CC(NC(=O)OCC1c2ccccc2-c2ccccc21)C(=O)NC(C(=O)O)C1CC1. The molecular weight excluding hydrogens is 422 g/mol. The Bertz CT molecular complexity index is 1000. The highest BCUT2D eigenvalue weighted by molar-refractivity contribution is 5.89. The Morgan fingerprint density at radius 1 is 1.00 bits per heavy atom. The highest BCUT2D eigenvalue weighted by Gasteiger charge is 2.39. The van der Waals surface area contributed by atoms with Gasteiger partial charge in [0.05, 0.1) is 0 Å². The van der Waals surface area contributed by atoms with Crippen molar-refractivity contribution < 1.29 is 24.2 Å². The van der Waals surface area contributed by atoms with Gasteiger partial charge in [0.1, 0.15) is 18.7 Å². The van der Waals surface area contributed by atoms with E-state index in [1.807, 2.05) is 36.4 Å². The zero-order chi connectivity index (χ0) is 23.5. The van der Waals surface area contributed by atoms with Crippen molar-refractivity contribution >= 4 is 18.0 Å². The average molecular weight is 452 g/mol. The van der Waals surface area contributed by atoms with Crippen LogP contribution in [0.4, 0.5) is 4.79 Å². The predicted octanol–water partition coefficient (Wildman–Crippen LogP) is 2.43. The van der Waals surface area contributed by atoms with Gasteiger partial charge in [-0.1, -0.05) is 48.5 Å². The number of carbonyl (C=O) groups excluding carboxylic acids is 2. The smallest absolute Gasteiger partial charge is 0.407 e. The molecule has 2 aromatic carbocycles. The maximum atomic E-state index is 12.8. The lowest BCUT2D eigenvalue weighted by Crippen LogP contribution is -2.55. The number of nitrogens with zero attached hydrogens (tertiary/aromatic N) is 1. The van der Waals surface area contributed by atoms with Crippen molar-refractivity contribution in [2.45, 2.75) is 30.8 Å². The fourth-order valence-electron chi connectivity index (χ4n) is 4.41. The maximum Gasteiger partial charge on any atom is 0.407 e. The summed E-state index contributed by atoms with van der Waals surface area (Å²) < 4.78 is 5.55. The minimum atomic E-state index is -1.06. The average Bonchev–Trinajstić information content (AvgIpc) is 3.57. The molecule has 1 saturated carbocycles. The van der Waals surface area contributed by atoms with Crippen LogP contribution in [-0.4, -0.2) is 67.3 Å². The number of carbonyl (C=O) groups is 3. The van der Waals surface area contributed by atoms with Crippen molar-refractivity contribution in [2.24, 2.45) is 5.92 Å². The minimum absolute atomic E-state index is 0.0547. The first-order valence-corrected chi connectivity index (χ1v) is 11.1. The van der Waals surface area contributed by atoms with Crippen LogP contribution in [0.5, 0.6) is 0 Å². The number of carboxylic acid groups (broad SMARTS) is 1. The number of benzene rings is 2. The maximum absolute atomic E-state index is 12.8. The van der Waals surface area contributed by atoms with Crippen LogP contribution >= 0.6 is 0 Å². The molecule has 0 heterocycles. The van der Waals surface area contributed by atoms with Gasteiger partial charge in [-0.05, 0) is 55.1 Å². The number of hydrogen-bond acceptors (Lipinski definition) is 5. The molecule has 33 heavy (non-hydrogen) atoms. The molecule has 2 aliphatic rings. The summed E-state index contributed by atoms with van der Waals surface area (Å²) in [5, 5.41) is 14.6. The van der Waals surface area contributed by atoms with Gasteiger partial charge in [-0.3, -0.25) is 4.79 Å². The molecule has 0 radical (unpaired) electrons. The quantitative estimate of drug-likeness (QED) is 0.541. The second-order valence-corrected chi connectivity index (χ2v) is 8.95. The highest BCUT2D eigenvalue weighted by Crippen LogP contribution is 2.44. The van der Waals surface area contributed by atoms with Crippen molar-refractivity contribution in [1.29, 1.82) is 0 Å². The third-order valence-corrected chi connectivity index (χ3v) is 6.16. The zero-order valence-electron chi connectivity index (χ0n) is 18.8. The number of alkyl carbamates (subject to hydrolysis) is 1. The summed E-state index contributed by atoms with van der Waals surface area (Å²) in [6.45, 7) is 0.350. The van der Waals surface area contributed by atoms with Gasteiger partial charge in [0.2, 0.25) is 5.91 Å². The van der Waals surface area contributed by atoms with Gasteiger partial charge in [0, 0.05) is 12.5 Å². The highest BCUT2D eigenvalue weighted by atomic mass is 16.5. The van der Waals surface area contributed by atoms with Crippen LogP contribution in [0.15, 0.2) is 48.5 Å². The molecule has 2 aromatic rings. The molecule has 0 spiro atoms. The second-order valence-electron chi connectivity index (χ2n) is 8.95. The Hall–Kier alpha value is -3.39. The molecule has 2 unspecified atom stereocenters. The molecule has 2 aliphatic carbocycles. The van der Waals surface area contributed by atoms with Crippen LogP contribution in [0.1, 0.15) is 29.9 Å². The van der Waals surface area contributed by atoms with E-state index in [2.05, 4.69) is 22.8 Å². The number of fused-ring (bicyclic) bond motifs is 3. The lowest BCUT2D eigenvalue weighted by atomic mass is 9.98. The number of carboxylic acids is 1. The van der Waals surface area contributed by atoms with Crippen molar-refractivity contribution in [2.75, 3.05) is 27.2 Å². The molecule has 0 aliphatic heterocycles. The van der Waals surface area contributed by atoms with Crippen molar-refractivity contribution in [3.8, 4) is 11.1 Å². The fraction of sp³-hybridized carbons (Fsp3) is 0.400. The van der Waals surface area contributed by atoms with Crippen molar-refractivity contribution in [3.05, 3.63) is 59.7 Å². The van der Waals surface area contributed by atoms with Gasteiger partial charge in [-0.15, -0.1) is 0 Å². The first kappa shape index (κ1) is 22.8. The van der Waals surface area contributed by atoms with E-state index in [1.54, 1.807) is 19.0 Å². The largest absolute Gasteiger partial charge is 0.480 e. The minimum Gasteiger partial charge on any atom is -0.480 e. The summed E-state index contributed by atoms with van der Waals surface area (Å²) in [6, 6.07) is 14.2. The summed E-state index contributed by atoms with van der Waals surface area (Å²) in [7, 11) is 3.55. The normalized spacial score (nSPS) is 16.5. The Kier molecular flexibility index (Phi) is 6.65. The van der Waals surface area contributed by atoms with Crippen molar-refractivity contribution in [3.63, 3.8) is 0 Å². The molecule has 0 aromatic heterocycles. The molecule has 8 nitrogen and oxygen atoms in total. The van der Waals surface area contributed by atoms with E-state index in [1.165, 1.54) is 0 Å². The van der Waals surface area contributed by atoms with Crippen molar-refractivity contribution in [1.82, 2.24) is 15.5 Å². The van der Waals surface area contributed by atoms with E-state index < -0.39 is 30.1 Å². The fourth-order valence-corrected chi connectivity index (χ4v) is 4.41. The Balaban J connectivity index is 1.41. The van der Waals surface area contributed by atoms with Crippen LogP contribution in [0.25, 0.3) is 11.1 Å². The topological polar surface area (TPSA) is 108 Å². The lowest BCUT2D eigenvalue weighted by molar-refractivity contribution is -0.142. The van der Waals surface area contributed by atoms with Gasteiger partial charge >= 0.3 is 12.1 Å². The van der Waals surface area contributed by atoms with E-state index in [-0.39, 0.29) is 25.0 Å². The summed E-state index contributed by atoms with van der Waals surface area (Å²) in [5.41, 5.74) is 4.46. The van der Waals surface area contributed by atoms with Gasteiger partial charge in [-0.25, -0.2) is 9.59 Å². The molecular formula is C25H29N3O5. The summed E-state index contributed by atoms with van der Waals surface area (Å²) in [6.07, 6.45) is 0.835. The number of ether oxygens (including phenoxy) is 1. The number of likely N-dealkylation sites (N-methyl/N-ethyl adjacent to an activating group) is 1. The molecule has 0 bridgehead atoms. The first-order valence-electron chi connectivity index (χ1n) is 11.1. The van der Waals surface area contributed by atoms with Crippen LogP contribution in [-0.2, 0) is 14.3 Å². The Morgan fingerprint density at radius 3 is 2.09 bits per heavy atom. The molecule has 2 atom stereocenters. The van der Waals surface area contributed by atoms with E-state index in [0.717, 1.165) is 35.1 Å². The first-order chi connectivity index (χ1) is 15.8. The number of rotatable bonds is 9. The molecule has 4 rings (SSSR count). The molecule has 174 valence electrons. The second kappa shape index (κ2) is 9.62. The van der Waals surface area contributed by atoms with Gasteiger partial charge in [0.15, 0.2) is 0 Å². The van der Waals surface area contributed by atoms with Crippen LogP contribution in [0.2, 0.25) is 0 Å². The molecule has 2 amide bonds. The van der Waals surface area contributed by atoms with Crippen LogP contribution in [0, 0.1) is 5.92 Å². The lowest BCUT2D eigenvalue weighted by Gasteiger charge is -2.24. The van der Waals surface area contributed by atoms with Crippen LogP contribution in [0.3, 0.4) is 0 Å². The molecule has 3 N–H and O–H groups in total. The van der Waals surface area contributed by atoms with E-state index in [0.29, 0.717) is 0 Å². The summed E-state index contributed by atoms with van der Waals surface area (Å²) in [4.78, 5) is 38.7. The van der Waals surface area contributed by atoms with Crippen LogP contribution < -0.4 is 10.6 Å². The number of amides is 2. The Labute approximate surface area is 192 Å². The molecule has 1 fully saturated rings. The molecule has 0 saturated heterocycles. The predicted molar refractivity (Wildman–Crippen MR) is 123 cm³/mol. The van der Waals surface area contributed by atoms with Gasteiger partial charge < -0.3 is 25.4 Å². The summed E-state index contributed by atoms with van der Waals surface area (Å²) >= 11 is 0. The standard InChI is InChI=1S/C25H29N3O5/c1-28(2)13-21(23(29)27-22(24(30)31)15-11-12-15)26-25(32)33-14-20-18-9-5-3-7-16(18)17-8-4-6-10-19(17)20/h3-10,15,20-22H,11-14H2,1-2H3,(H,26,32)(H,27,29)(H,30,31). The van der Waals surface area contributed by atoms with Gasteiger partial charge in [0.25, 0.3) is 0 Å². The number of nitrogens with one attached hydrogen (secondary N) is 2. The Morgan fingerprint density at radius 2 is 1.58 bits per heavy atom. The molecule has 8 heteroatoms. The third-order valence-electron chi connectivity index (χ3n) is 6.16. The third kappa shape index (κ3) is 5.17.